The van der Waals surface area contributed by atoms with Crippen LogP contribution in [0.3, 0.4) is 0 Å². The maximum absolute atomic E-state index is 11.8. The molecule has 1 N–H and O–H groups in total. The van der Waals surface area contributed by atoms with Crippen LogP contribution < -0.4 is 4.72 Å². The van der Waals surface area contributed by atoms with Gasteiger partial charge in [0.25, 0.3) is 0 Å². The Morgan fingerprint density at radius 3 is 2.47 bits per heavy atom. The number of rotatable bonds is 6. The van der Waals surface area contributed by atoms with E-state index < -0.39 is 10.0 Å². The molecule has 1 aromatic rings. The average molecular weight is 318 g/mol. The van der Waals surface area contributed by atoms with E-state index in [9.17, 15) is 8.42 Å². The second-order valence-corrected chi connectivity index (χ2v) is 7.04. The third kappa shape index (κ3) is 3.79. The highest BCUT2D eigenvalue weighted by Crippen LogP contribution is 2.27. The monoisotopic (exact) mass is 317 g/mol. The Bertz CT molecular complexity index is 457. The van der Waals surface area contributed by atoms with Gasteiger partial charge in [0.2, 0.25) is 10.0 Å². The summed E-state index contributed by atoms with van der Waals surface area (Å²) in [6.07, 6.45) is 2.32. The Labute approximate surface area is 111 Å². The Kier molecular flexibility index (Phi) is 4.22. The van der Waals surface area contributed by atoms with Crippen LogP contribution in [0.1, 0.15) is 18.4 Å². The highest BCUT2D eigenvalue weighted by atomic mass is 79.9. The van der Waals surface area contributed by atoms with Gasteiger partial charge in [0, 0.05) is 11.4 Å². The van der Waals surface area contributed by atoms with Crippen molar-refractivity contribution >= 4 is 26.0 Å². The van der Waals surface area contributed by atoms with E-state index >= 15 is 0 Å². The zero-order valence-corrected chi connectivity index (χ0v) is 11.9. The van der Waals surface area contributed by atoms with Crippen molar-refractivity contribution in [2.45, 2.75) is 30.6 Å². The molecule has 1 fully saturated rings. The molecule has 1 aromatic carbocycles. The summed E-state index contributed by atoms with van der Waals surface area (Å²) in [7, 11) is -3.10. The minimum Gasteiger partial charge on any atom is -0.212 e. The quantitative estimate of drug-likeness (QED) is 0.816. The summed E-state index contributed by atoms with van der Waals surface area (Å²) in [6, 6.07) is 9.86. The van der Waals surface area contributed by atoms with Gasteiger partial charge in [-0.1, -0.05) is 46.3 Å². The second-order valence-electron chi connectivity index (χ2n) is 4.40. The lowest BCUT2D eigenvalue weighted by atomic mass is 10.1. The van der Waals surface area contributed by atoms with E-state index in [0.29, 0.717) is 5.33 Å². The van der Waals surface area contributed by atoms with E-state index in [1.807, 2.05) is 30.3 Å². The Hall–Kier alpha value is -0.390. The predicted octanol–water partition coefficient (Wildman–Crippen LogP) is 2.07. The van der Waals surface area contributed by atoms with Crippen LogP contribution in [0, 0.1) is 0 Å². The molecule has 0 bridgehead atoms. The molecule has 17 heavy (non-hydrogen) atoms. The molecular weight excluding hydrogens is 302 g/mol. The molecule has 0 heterocycles. The van der Waals surface area contributed by atoms with Gasteiger partial charge in [-0.2, -0.15) is 0 Å². The Balaban J connectivity index is 1.97. The summed E-state index contributed by atoms with van der Waals surface area (Å²) < 4.78 is 26.4. The van der Waals surface area contributed by atoms with Gasteiger partial charge in [-0.05, 0) is 24.8 Å². The van der Waals surface area contributed by atoms with Gasteiger partial charge in [-0.25, -0.2) is 13.1 Å². The van der Waals surface area contributed by atoms with Crippen molar-refractivity contribution in [1.29, 1.82) is 0 Å². The molecule has 0 saturated heterocycles. The van der Waals surface area contributed by atoms with E-state index in [1.165, 1.54) is 0 Å². The van der Waals surface area contributed by atoms with Gasteiger partial charge in [-0.3, -0.25) is 0 Å². The van der Waals surface area contributed by atoms with Gasteiger partial charge in [0.05, 0.1) is 5.25 Å². The van der Waals surface area contributed by atoms with E-state index in [0.717, 1.165) is 24.8 Å². The summed E-state index contributed by atoms with van der Waals surface area (Å²) >= 11 is 3.37. The van der Waals surface area contributed by atoms with Gasteiger partial charge in [-0.15, -0.1) is 0 Å². The predicted molar refractivity (Wildman–Crippen MR) is 72.8 cm³/mol. The number of alkyl halides is 1. The zero-order chi connectivity index (χ0) is 12.3. The molecule has 0 radical (unpaired) electrons. The van der Waals surface area contributed by atoms with Crippen molar-refractivity contribution in [2.24, 2.45) is 0 Å². The van der Waals surface area contributed by atoms with Crippen LogP contribution >= 0.6 is 15.9 Å². The summed E-state index contributed by atoms with van der Waals surface area (Å²) in [4.78, 5) is 0. The summed E-state index contributed by atoms with van der Waals surface area (Å²) in [5, 5.41) is 0.480. The van der Waals surface area contributed by atoms with E-state index in [2.05, 4.69) is 20.7 Å². The SMILES string of the molecule is O=S(=O)(NC(CBr)Cc1ccccc1)C1CC1. The molecule has 1 saturated carbocycles. The van der Waals surface area contributed by atoms with Crippen LogP contribution in [-0.2, 0) is 16.4 Å². The van der Waals surface area contributed by atoms with Crippen LogP contribution in [-0.4, -0.2) is 25.0 Å². The van der Waals surface area contributed by atoms with Crippen LogP contribution in [0.25, 0.3) is 0 Å². The first-order valence-electron chi connectivity index (χ1n) is 5.73. The van der Waals surface area contributed by atoms with Crippen molar-refractivity contribution in [3.05, 3.63) is 35.9 Å². The summed E-state index contributed by atoms with van der Waals surface area (Å²) in [6.45, 7) is 0. The average Bonchev–Trinajstić information content (AvgIpc) is 3.13. The molecule has 0 aliphatic heterocycles. The molecule has 0 amide bonds. The molecule has 0 spiro atoms. The van der Waals surface area contributed by atoms with Crippen molar-refractivity contribution < 1.29 is 8.42 Å². The number of sulfonamides is 1. The first kappa shape index (κ1) is 13.1. The Morgan fingerprint density at radius 2 is 1.94 bits per heavy atom. The molecular formula is C12H16BrNO2S. The van der Waals surface area contributed by atoms with Gasteiger partial charge in [0.1, 0.15) is 0 Å². The summed E-state index contributed by atoms with van der Waals surface area (Å²) in [5.41, 5.74) is 1.15. The van der Waals surface area contributed by atoms with Gasteiger partial charge >= 0.3 is 0 Å². The summed E-state index contributed by atoms with van der Waals surface area (Å²) in [5.74, 6) is 0. The van der Waals surface area contributed by atoms with Crippen molar-refractivity contribution in [2.75, 3.05) is 5.33 Å². The fourth-order valence-electron chi connectivity index (χ4n) is 1.73. The minimum atomic E-state index is -3.10. The standard InChI is InChI=1S/C12H16BrNO2S/c13-9-11(8-10-4-2-1-3-5-10)14-17(15,16)12-6-7-12/h1-5,11-12,14H,6-9H2. The molecule has 2 rings (SSSR count). The van der Waals surface area contributed by atoms with E-state index in [-0.39, 0.29) is 11.3 Å². The molecule has 1 aliphatic rings. The smallest absolute Gasteiger partial charge is 0.212 e. The molecule has 0 aromatic heterocycles. The number of halogens is 1. The fraction of sp³-hybridized carbons (Fsp3) is 0.500. The third-order valence-electron chi connectivity index (χ3n) is 2.81. The molecule has 5 heteroatoms. The van der Waals surface area contributed by atoms with Gasteiger partial charge < -0.3 is 0 Å². The molecule has 3 nitrogen and oxygen atoms in total. The number of benzene rings is 1. The molecule has 94 valence electrons. The maximum Gasteiger partial charge on any atom is 0.214 e. The highest BCUT2D eigenvalue weighted by Gasteiger charge is 2.36. The zero-order valence-electron chi connectivity index (χ0n) is 9.47. The topological polar surface area (TPSA) is 46.2 Å². The normalized spacial score (nSPS) is 17.9. The van der Waals surface area contributed by atoms with Crippen molar-refractivity contribution in [3.63, 3.8) is 0 Å². The molecule has 1 atom stereocenters. The molecule has 1 unspecified atom stereocenters. The van der Waals surface area contributed by atoms with Crippen LogP contribution in [0.5, 0.6) is 0 Å². The second kappa shape index (κ2) is 5.50. The largest absolute Gasteiger partial charge is 0.214 e. The number of nitrogens with one attached hydrogen (secondary N) is 1. The first-order valence-corrected chi connectivity index (χ1v) is 8.39. The first-order chi connectivity index (χ1) is 8.12. The number of hydrogen-bond donors (Lipinski definition) is 1. The lowest BCUT2D eigenvalue weighted by molar-refractivity contribution is 0.561. The highest BCUT2D eigenvalue weighted by molar-refractivity contribution is 9.09. The third-order valence-corrected chi connectivity index (χ3v) is 5.60. The minimum absolute atomic E-state index is 0.0667. The van der Waals surface area contributed by atoms with Gasteiger partial charge in [0.15, 0.2) is 0 Å². The fourth-order valence-corrected chi connectivity index (χ4v) is 3.92. The Morgan fingerprint density at radius 1 is 1.29 bits per heavy atom. The number of hydrogen-bond acceptors (Lipinski definition) is 2. The lowest BCUT2D eigenvalue weighted by Gasteiger charge is -2.16. The maximum atomic E-state index is 11.8. The van der Waals surface area contributed by atoms with Crippen LogP contribution in [0.4, 0.5) is 0 Å². The lowest BCUT2D eigenvalue weighted by Crippen LogP contribution is -2.39. The van der Waals surface area contributed by atoms with Crippen LogP contribution in [0.2, 0.25) is 0 Å². The van der Waals surface area contributed by atoms with Crippen LogP contribution in [0.15, 0.2) is 30.3 Å². The van der Waals surface area contributed by atoms with Crippen molar-refractivity contribution in [3.8, 4) is 0 Å². The van der Waals surface area contributed by atoms with Crippen molar-refractivity contribution in [1.82, 2.24) is 4.72 Å². The van der Waals surface area contributed by atoms with E-state index in [1.54, 1.807) is 0 Å². The van der Waals surface area contributed by atoms with E-state index in [4.69, 9.17) is 0 Å². The molecule has 1 aliphatic carbocycles.